The number of fused-ring (bicyclic) bond motifs is 1. The third-order valence-electron chi connectivity index (χ3n) is 5.54. The number of piperazine rings is 1. The molecule has 1 saturated heterocycles. The largest absolute Gasteiger partial charge is 0.359 e. The summed E-state index contributed by atoms with van der Waals surface area (Å²) in [6.07, 6.45) is 2.24. The zero-order valence-corrected chi connectivity index (χ0v) is 18.5. The monoisotopic (exact) mass is 451 g/mol. The van der Waals surface area contributed by atoms with Crippen molar-refractivity contribution in [2.24, 2.45) is 0 Å². The van der Waals surface area contributed by atoms with Gasteiger partial charge >= 0.3 is 0 Å². The van der Waals surface area contributed by atoms with Crippen LogP contribution in [-0.2, 0) is 16.0 Å². The Labute approximate surface area is 190 Å². The van der Waals surface area contributed by atoms with Crippen LogP contribution in [0.25, 0.3) is 5.65 Å². The number of hydrogen-bond donors (Lipinski definition) is 2. The van der Waals surface area contributed by atoms with E-state index in [0.717, 1.165) is 22.6 Å². The first-order chi connectivity index (χ1) is 15.4. The lowest BCUT2D eigenvalue weighted by Crippen LogP contribution is -2.47. The molecule has 3 aromatic rings. The van der Waals surface area contributed by atoms with Gasteiger partial charge in [0.1, 0.15) is 11.6 Å². The molecule has 0 aliphatic carbocycles. The van der Waals surface area contributed by atoms with Gasteiger partial charge in [0.2, 0.25) is 11.8 Å². The molecule has 0 spiro atoms. The molecule has 1 aliphatic rings. The van der Waals surface area contributed by atoms with Crippen LogP contribution in [-0.4, -0.2) is 46.0 Å². The number of anilines is 2. The summed E-state index contributed by atoms with van der Waals surface area (Å²) >= 11 is 6.41. The summed E-state index contributed by atoms with van der Waals surface area (Å²) in [7, 11) is 0. The Kier molecular flexibility index (Phi) is 5.97. The van der Waals surface area contributed by atoms with Crippen molar-refractivity contribution in [1.29, 1.82) is 5.26 Å². The van der Waals surface area contributed by atoms with E-state index in [1.165, 1.54) is 6.20 Å². The Bertz CT molecular complexity index is 1260. The molecule has 0 saturated carbocycles. The molecule has 2 aromatic heterocycles. The maximum absolute atomic E-state index is 12.6. The number of halogens is 1. The quantitative estimate of drug-likeness (QED) is 0.615. The predicted molar refractivity (Wildman–Crippen MR) is 121 cm³/mol. The van der Waals surface area contributed by atoms with E-state index in [4.69, 9.17) is 11.6 Å². The number of rotatable bonds is 5. The molecule has 164 valence electrons. The number of aryl methyl sites for hydroxylation is 2. The minimum atomic E-state index is -0.150. The van der Waals surface area contributed by atoms with Crippen LogP contribution in [0.1, 0.15) is 28.9 Å². The number of carbonyl (C=O) groups is 2. The number of nitrogens with zero attached hydrogens (tertiary/aromatic N) is 5. The van der Waals surface area contributed by atoms with Gasteiger partial charge in [-0.25, -0.2) is 9.50 Å². The number of carbonyl (C=O) groups excluding carboxylic acids is 2. The third-order valence-corrected chi connectivity index (χ3v) is 5.84. The predicted octanol–water partition coefficient (Wildman–Crippen LogP) is 2.38. The first-order valence-electron chi connectivity index (χ1n) is 10.2. The van der Waals surface area contributed by atoms with E-state index >= 15 is 0 Å². The topological polar surface area (TPSA) is 115 Å². The average molecular weight is 452 g/mol. The van der Waals surface area contributed by atoms with Gasteiger partial charge in [-0.1, -0.05) is 11.6 Å². The molecule has 32 heavy (non-hydrogen) atoms. The lowest BCUT2D eigenvalue weighted by Gasteiger charge is -2.29. The molecule has 0 atom stereocenters. The van der Waals surface area contributed by atoms with E-state index in [-0.39, 0.29) is 24.8 Å². The number of aromatic nitrogens is 3. The molecule has 1 aromatic carbocycles. The summed E-state index contributed by atoms with van der Waals surface area (Å²) in [6, 6.07) is 7.38. The van der Waals surface area contributed by atoms with Crippen LogP contribution in [0.5, 0.6) is 0 Å². The van der Waals surface area contributed by atoms with Gasteiger partial charge in [-0.05, 0) is 44.0 Å². The van der Waals surface area contributed by atoms with Crippen LogP contribution in [0.15, 0.2) is 24.4 Å². The SMILES string of the molecule is Cc1nc2c(C#N)cnn2c(C)c1CCC(=O)Nc1ccc(N2CCNC(=O)C2)c(Cl)c1. The molecule has 1 fully saturated rings. The molecular formula is C22H22ClN7O2. The molecule has 2 amide bonds. The number of hydrogen-bond acceptors (Lipinski definition) is 6. The summed E-state index contributed by atoms with van der Waals surface area (Å²) in [6.45, 7) is 5.29. The molecular weight excluding hydrogens is 430 g/mol. The van der Waals surface area contributed by atoms with Crippen molar-refractivity contribution in [2.45, 2.75) is 26.7 Å². The summed E-state index contributed by atoms with van der Waals surface area (Å²) in [4.78, 5) is 30.6. The van der Waals surface area contributed by atoms with Gasteiger partial charge in [0.15, 0.2) is 5.65 Å². The van der Waals surface area contributed by atoms with E-state index in [0.29, 0.717) is 41.4 Å². The fourth-order valence-corrected chi connectivity index (χ4v) is 4.20. The van der Waals surface area contributed by atoms with Gasteiger partial charge in [-0.2, -0.15) is 10.4 Å². The summed E-state index contributed by atoms with van der Waals surface area (Å²) in [5.74, 6) is -0.190. The zero-order valence-electron chi connectivity index (χ0n) is 17.8. The number of benzene rings is 1. The van der Waals surface area contributed by atoms with Crippen molar-refractivity contribution in [3.63, 3.8) is 0 Å². The van der Waals surface area contributed by atoms with Gasteiger partial charge in [0.25, 0.3) is 0 Å². The molecule has 3 heterocycles. The van der Waals surface area contributed by atoms with Crippen LogP contribution in [0.4, 0.5) is 11.4 Å². The van der Waals surface area contributed by atoms with Crippen LogP contribution >= 0.6 is 11.6 Å². The second-order valence-corrected chi connectivity index (χ2v) is 8.06. The third kappa shape index (κ3) is 4.22. The van der Waals surface area contributed by atoms with Crippen LogP contribution in [0, 0.1) is 25.2 Å². The second-order valence-electron chi connectivity index (χ2n) is 7.65. The fraction of sp³-hybridized carbons (Fsp3) is 0.318. The van der Waals surface area contributed by atoms with Gasteiger partial charge in [-0.15, -0.1) is 0 Å². The highest BCUT2D eigenvalue weighted by Crippen LogP contribution is 2.29. The second kappa shape index (κ2) is 8.85. The van der Waals surface area contributed by atoms with E-state index in [1.807, 2.05) is 24.8 Å². The summed E-state index contributed by atoms with van der Waals surface area (Å²) in [5.41, 5.74) is 4.87. The maximum Gasteiger partial charge on any atom is 0.239 e. The smallest absolute Gasteiger partial charge is 0.239 e. The van der Waals surface area contributed by atoms with Crippen LogP contribution in [0.3, 0.4) is 0 Å². The van der Waals surface area contributed by atoms with Crippen molar-refractivity contribution >= 4 is 40.4 Å². The van der Waals surface area contributed by atoms with E-state index < -0.39 is 0 Å². The molecule has 0 unspecified atom stereocenters. The van der Waals surface area contributed by atoms with Gasteiger partial charge in [-0.3, -0.25) is 9.59 Å². The highest BCUT2D eigenvalue weighted by molar-refractivity contribution is 6.33. The molecule has 1 aliphatic heterocycles. The first-order valence-corrected chi connectivity index (χ1v) is 10.6. The lowest BCUT2D eigenvalue weighted by atomic mass is 10.1. The minimum absolute atomic E-state index is 0.0399. The Morgan fingerprint density at radius 2 is 2.19 bits per heavy atom. The van der Waals surface area contributed by atoms with Crippen LogP contribution < -0.4 is 15.5 Å². The number of nitrogens with one attached hydrogen (secondary N) is 2. The highest BCUT2D eigenvalue weighted by atomic mass is 35.5. The molecule has 0 radical (unpaired) electrons. The Morgan fingerprint density at radius 1 is 1.38 bits per heavy atom. The molecule has 0 bridgehead atoms. The molecule has 4 rings (SSSR count). The van der Waals surface area contributed by atoms with Crippen molar-refractivity contribution in [3.05, 3.63) is 51.9 Å². The van der Waals surface area contributed by atoms with E-state index in [9.17, 15) is 14.9 Å². The summed E-state index contributed by atoms with van der Waals surface area (Å²) in [5, 5.41) is 19.6. The average Bonchev–Trinajstić information content (AvgIpc) is 3.16. The normalized spacial score (nSPS) is 13.7. The Balaban J connectivity index is 1.43. The lowest BCUT2D eigenvalue weighted by molar-refractivity contribution is -0.120. The van der Waals surface area contributed by atoms with Crippen molar-refractivity contribution < 1.29 is 9.59 Å². The molecule has 9 nitrogen and oxygen atoms in total. The van der Waals surface area contributed by atoms with E-state index in [1.54, 1.807) is 16.6 Å². The zero-order chi connectivity index (χ0) is 22.8. The van der Waals surface area contributed by atoms with Gasteiger partial charge in [0, 0.05) is 36.6 Å². The van der Waals surface area contributed by atoms with Gasteiger partial charge < -0.3 is 15.5 Å². The van der Waals surface area contributed by atoms with Gasteiger partial charge in [0.05, 0.1) is 23.5 Å². The van der Waals surface area contributed by atoms with E-state index in [2.05, 4.69) is 26.8 Å². The standard InChI is InChI=1S/C22H22ClN7O2/c1-13-17(14(2)30-22(27-13)15(10-24)11-26-30)4-6-20(31)28-16-3-5-19(18(23)9-16)29-8-7-25-21(32)12-29/h3,5,9,11H,4,6-8,12H2,1-2H3,(H,25,32)(H,28,31). The Hall–Kier alpha value is -3.64. The molecule has 2 N–H and O–H groups in total. The van der Waals surface area contributed by atoms with Crippen molar-refractivity contribution in [1.82, 2.24) is 19.9 Å². The number of amides is 2. The summed E-state index contributed by atoms with van der Waals surface area (Å²) < 4.78 is 1.64. The number of nitriles is 1. The van der Waals surface area contributed by atoms with Crippen molar-refractivity contribution in [3.8, 4) is 6.07 Å². The minimum Gasteiger partial charge on any atom is -0.359 e. The first kappa shape index (κ1) is 21.6. The van der Waals surface area contributed by atoms with Crippen molar-refractivity contribution in [2.75, 3.05) is 29.9 Å². The van der Waals surface area contributed by atoms with Crippen LogP contribution in [0.2, 0.25) is 5.02 Å². The maximum atomic E-state index is 12.6. The Morgan fingerprint density at radius 3 is 2.91 bits per heavy atom. The highest BCUT2D eigenvalue weighted by Gasteiger charge is 2.19. The molecule has 10 heteroatoms. The fourth-order valence-electron chi connectivity index (χ4n) is 3.90.